The number of amides is 3. The molecule has 1 atom stereocenters. The number of urea groups is 1. The molecule has 1 saturated heterocycles. The first kappa shape index (κ1) is 20.1. The molecule has 0 saturated carbocycles. The highest BCUT2D eigenvalue weighted by Crippen LogP contribution is 2.34. The third kappa shape index (κ3) is 3.35. The molecule has 3 aromatic rings. The molecule has 1 aliphatic rings. The number of hydrogen-bond acceptors (Lipinski definition) is 3. The minimum absolute atomic E-state index is 0.0854. The fourth-order valence-corrected chi connectivity index (χ4v) is 4.09. The maximum absolute atomic E-state index is 13.4. The van der Waals surface area contributed by atoms with Crippen molar-refractivity contribution in [3.05, 3.63) is 81.9 Å². The Hall–Kier alpha value is -3.19. The smallest absolute Gasteiger partial charge is 0.319 e. The molecule has 0 spiro atoms. The van der Waals surface area contributed by atoms with Crippen molar-refractivity contribution in [2.75, 3.05) is 0 Å². The Kier molecular flexibility index (Phi) is 4.86. The zero-order valence-corrected chi connectivity index (χ0v) is 17.5. The van der Waals surface area contributed by atoms with Crippen LogP contribution in [0, 0.1) is 19.7 Å². The normalized spacial score (nSPS) is 18.8. The maximum atomic E-state index is 13.4. The Labute approximate surface area is 178 Å². The number of hydrogen-bond donors (Lipinski definition) is 1. The lowest BCUT2D eigenvalue weighted by molar-refractivity contribution is -0.131. The van der Waals surface area contributed by atoms with E-state index in [1.165, 1.54) is 12.1 Å². The van der Waals surface area contributed by atoms with Gasteiger partial charge >= 0.3 is 6.03 Å². The third-order valence-electron chi connectivity index (χ3n) is 5.28. The van der Waals surface area contributed by atoms with Crippen LogP contribution >= 0.6 is 11.6 Å². The number of benzene rings is 2. The lowest BCUT2D eigenvalue weighted by atomic mass is 9.92. The number of rotatable bonds is 4. The molecule has 6 nitrogen and oxygen atoms in total. The van der Waals surface area contributed by atoms with Gasteiger partial charge in [0.25, 0.3) is 5.91 Å². The molecule has 1 unspecified atom stereocenters. The van der Waals surface area contributed by atoms with Gasteiger partial charge in [0.2, 0.25) is 0 Å². The summed E-state index contributed by atoms with van der Waals surface area (Å²) in [5.41, 5.74) is 2.62. The van der Waals surface area contributed by atoms with Crippen molar-refractivity contribution in [2.45, 2.75) is 32.9 Å². The molecule has 2 heterocycles. The van der Waals surface area contributed by atoms with Crippen LogP contribution in [0.4, 0.5) is 9.18 Å². The van der Waals surface area contributed by atoms with Gasteiger partial charge in [-0.05, 0) is 56.7 Å². The molecule has 1 aromatic heterocycles. The average Bonchev–Trinajstić information content (AvgIpc) is 3.13. The van der Waals surface area contributed by atoms with Gasteiger partial charge in [-0.2, -0.15) is 5.10 Å². The highest BCUT2D eigenvalue weighted by molar-refractivity contribution is 6.32. The summed E-state index contributed by atoms with van der Waals surface area (Å²) in [5, 5.41) is 7.23. The molecule has 3 amide bonds. The van der Waals surface area contributed by atoms with Crippen LogP contribution in [0.5, 0.6) is 0 Å². The second-order valence-electron chi connectivity index (χ2n) is 7.58. The topological polar surface area (TPSA) is 67.2 Å². The van der Waals surface area contributed by atoms with Crippen LogP contribution in [-0.2, 0) is 16.9 Å². The van der Waals surface area contributed by atoms with E-state index in [9.17, 15) is 14.0 Å². The van der Waals surface area contributed by atoms with Crippen LogP contribution in [0.2, 0.25) is 5.02 Å². The van der Waals surface area contributed by atoms with Crippen LogP contribution < -0.4 is 5.32 Å². The first-order valence-corrected chi connectivity index (χ1v) is 9.79. The van der Waals surface area contributed by atoms with Crippen LogP contribution in [0.3, 0.4) is 0 Å². The SMILES string of the molecule is Cc1cc(C)n(-c2ccc(CN3C(=O)NC(C)(c4ccc(F)cc4Cl)C3=O)cc2)n1. The van der Waals surface area contributed by atoms with Gasteiger partial charge in [-0.1, -0.05) is 29.8 Å². The molecule has 0 radical (unpaired) electrons. The van der Waals surface area contributed by atoms with E-state index in [-0.39, 0.29) is 11.6 Å². The highest BCUT2D eigenvalue weighted by atomic mass is 35.5. The number of carbonyl (C=O) groups excluding carboxylic acids is 2. The zero-order chi connectivity index (χ0) is 21.6. The fraction of sp³-hybridized carbons (Fsp3) is 0.227. The van der Waals surface area contributed by atoms with Crippen LogP contribution in [-0.4, -0.2) is 26.6 Å². The van der Waals surface area contributed by atoms with E-state index in [1.807, 2.05) is 48.9 Å². The Bertz CT molecular complexity index is 1160. The van der Waals surface area contributed by atoms with E-state index in [1.54, 1.807) is 6.92 Å². The van der Waals surface area contributed by atoms with Crippen molar-refractivity contribution in [3.63, 3.8) is 0 Å². The van der Waals surface area contributed by atoms with Crippen molar-refractivity contribution >= 4 is 23.5 Å². The van der Waals surface area contributed by atoms with Gasteiger partial charge in [0.05, 0.1) is 17.9 Å². The number of halogens is 2. The number of nitrogens with zero attached hydrogens (tertiary/aromatic N) is 3. The molecule has 0 bridgehead atoms. The largest absolute Gasteiger partial charge is 0.325 e. The number of carbonyl (C=O) groups is 2. The van der Waals surface area contributed by atoms with Gasteiger partial charge in [-0.3, -0.25) is 9.69 Å². The van der Waals surface area contributed by atoms with E-state index in [0.717, 1.165) is 33.6 Å². The third-order valence-corrected chi connectivity index (χ3v) is 5.59. The molecule has 4 rings (SSSR count). The maximum Gasteiger partial charge on any atom is 0.325 e. The summed E-state index contributed by atoms with van der Waals surface area (Å²) in [7, 11) is 0. The van der Waals surface area contributed by atoms with Gasteiger partial charge in [0.1, 0.15) is 11.4 Å². The van der Waals surface area contributed by atoms with E-state index in [0.29, 0.717) is 5.56 Å². The first-order chi connectivity index (χ1) is 14.2. The Morgan fingerprint density at radius 1 is 1.10 bits per heavy atom. The summed E-state index contributed by atoms with van der Waals surface area (Å²) >= 11 is 6.14. The number of imide groups is 1. The highest BCUT2D eigenvalue weighted by Gasteiger charge is 2.49. The molecule has 1 N–H and O–H groups in total. The summed E-state index contributed by atoms with van der Waals surface area (Å²) < 4.78 is 15.2. The van der Waals surface area contributed by atoms with Gasteiger partial charge in [0, 0.05) is 16.3 Å². The lowest BCUT2D eigenvalue weighted by Crippen LogP contribution is -2.41. The Morgan fingerprint density at radius 3 is 2.40 bits per heavy atom. The van der Waals surface area contributed by atoms with E-state index < -0.39 is 23.3 Å². The molecule has 8 heteroatoms. The van der Waals surface area contributed by atoms with E-state index in [4.69, 9.17) is 11.6 Å². The van der Waals surface area contributed by atoms with Gasteiger partial charge in [-0.15, -0.1) is 0 Å². The lowest BCUT2D eigenvalue weighted by Gasteiger charge is -2.23. The fourth-order valence-electron chi connectivity index (χ4n) is 3.73. The number of aromatic nitrogens is 2. The molecule has 1 aliphatic heterocycles. The van der Waals surface area contributed by atoms with Crippen molar-refractivity contribution in [3.8, 4) is 5.69 Å². The Morgan fingerprint density at radius 2 is 1.80 bits per heavy atom. The number of aryl methyl sites for hydroxylation is 2. The van der Waals surface area contributed by atoms with Crippen molar-refractivity contribution in [2.24, 2.45) is 0 Å². The van der Waals surface area contributed by atoms with Crippen LogP contribution in [0.1, 0.15) is 29.4 Å². The molecular weight excluding hydrogens is 407 g/mol. The average molecular weight is 427 g/mol. The van der Waals surface area contributed by atoms with Crippen LogP contribution in [0.25, 0.3) is 5.69 Å². The monoisotopic (exact) mass is 426 g/mol. The van der Waals surface area contributed by atoms with Crippen LogP contribution in [0.15, 0.2) is 48.5 Å². The molecule has 0 aliphatic carbocycles. The van der Waals surface area contributed by atoms with Gasteiger partial charge in [-0.25, -0.2) is 13.9 Å². The number of nitrogens with one attached hydrogen (secondary N) is 1. The summed E-state index contributed by atoms with van der Waals surface area (Å²) in [4.78, 5) is 26.8. The summed E-state index contributed by atoms with van der Waals surface area (Å²) in [6, 6.07) is 12.7. The second-order valence-corrected chi connectivity index (χ2v) is 7.98. The van der Waals surface area contributed by atoms with Gasteiger partial charge < -0.3 is 5.32 Å². The van der Waals surface area contributed by atoms with Crippen molar-refractivity contribution < 1.29 is 14.0 Å². The second kappa shape index (κ2) is 7.25. The molecule has 30 heavy (non-hydrogen) atoms. The predicted molar refractivity (Wildman–Crippen MR) is 111 cm³/mol. The minimum atomic E-state index is -1.36. The summed E-state index contributed by atoms with van der Waals surface area (Å²) in [6.45, 7) is 5.58. The van der Waals surface area contributed by atoms with Crippen molar-refractivity contribution in [1.82, 2.24) is 20.0 Å². The van der Waals surface area contributed by atoms with E-state index in [2.05, 4.69) is 10.4 Å². The molecule has 1 fully saturated rings. The molecule has 154 valence electrons. The van der Waals surface area contributed by atoms with E-state index >= 15 is 0 Å². The predicted octanol–water partition coefficient (Wildman–Crippen LogP) is 4.25. The standard InChI is InChI=1S/C22H20ClFN4O2/c1-13-10-14(2)28(26-13)17-7-4-15(5-8-17)12-27-20(29)22(3,25-21(27)30)18-9-6-16(24)11-19(18)23/h4-11H,12H2,1-3H3,(H,25,30). The zero-order valence-electron chi connectivity index (χ0n) is 16.7. The summed E-state index contributed by atoms with van der Waals surface area (Å²) in [6.07, 6.45) is 0. The van der Waals surface area contributed by atoms with Gasteiger partial charge in [0.15, 0.2) is 0 Å². The minimum Gasteiger partial charge on any atom is -0.319 e. The molecular formula is C22H20ClFN4O2. The van der Waals surface area contributed by atoms with Crippen molar-refractivity contribution in [1.29, 1.82) is 0 Å². The quantitative estimate of drug-likeness (QED) is 0.634. The first-order valence-electron chi connectivity index (χ1n) is 9.41. The molecule has 2 aromatic carbocycles. The Balaban J connectivity index is 1.57. The summed E-state index contributed by atoms with van der Waals surface area (Å²) in [5.74, 6) is -0.952.